The van der Waals surface area contributed by atoms with Gasteiger partial charge in [0.05, 0.1) is 6.61 Å². The van der Waals surface area contributed by atoms with Crippen LogP contribution in [-0.4, -0.2) is 47.3 Å². The monoisotopic (exact) mass is 270 g/mol. The van der Waals surface area contributed by atoms with E-state index < -0.39 is 0 Å². The quantitative estimate of drug-likeness (QED) is 0.778. The summed E-state index contributed by atoms with van der Waals surface area (Å²) in [5.41, 5.74) is -0.155. The lowest BCUT2D eigenvalue weighted by molar-refractivity contribution is 0.0261. The first-order valence-electron chi connectivity index (χ1n) is 7.94. The third-order valence-electron chi connectivity index (χ3n) is 4.91. The standard InChI is InChI=1S/C16H34N2O/c1-7-17-16(6,11-19)9-14(4)18-10-12(2)8-13(3)15(18)5/h12-15,17,19H,7-11H2,1-6H3. The summed E-state index contributed by atoms with van der Waals surface area (Å²) >= 11 is 0. The first-order valence-corrected chi connectivity index (χ1v) is 7.94. The number of nitrogens with one attached hydrogen (secondary N) is 1. The molecule has 0 aromatic heterocycles. The molecule has 0 bridgehead atoms. The Labute approximate surface area is 119 Å². The maximum Gasteiger partial charge on any atom is 0.0611 e. The fraction of sp³-hybridized carbons (Fsp3) is 1.00. The Morgan fingerprint density at radius 1 is 1.37 bits per heavy atom. The average molecular weight is 270 g/mol. The zero-order valence-electron chi connectivity index (χ0n) is 13.7. The number of aliphatic hydroxyl groups excluding tert-OH is 1. The SMILES string of the molecule is CCNC(C)(CO)CC(C)N1CC(C)CC(C)C1C. The number of piperidine rings is 1. The highest BCUT2D eigenvalue weighted by atomic mass is 16.3. The van der Waals surface area contributed by atoms with Gasteiger partial charge in [-0.2, -0.15) is 0 Å². The number of hydrogen-bond donors (Lipinski definition) is 2. The molecule has 1 saturated heterocycles. The normalized spacial score (nSPS) is 33.9. The molecular weight excluding hydrogens is 236 g/mol. The summed E-state index contributed by atoms with van der Waals surface area (Å²) in [4.78, 5) is 2.64. The molecule has 0 saturated carbocycles. The van der Waals surface area contributed by atoms with Gasteiger partial charge < -0.3 is 10.4 Å². The van der Waals surface area contributed by atoms with E-state index in [0.717, 1.165) is 24.8 Å². The van der Waals surface area contributed by atoms with E-state index in [1.54, 1.807) is 0 Å². The second-order valence-corrected chi connectivity index (χ2v) is 7.06. The van der Waals surface area contributed by atoms with E-state index >= 15 is 0 Å². The van der Waals surface area contributed by atoms with Crippen molar-refractivity contribution in [2.45, 2.75) is 72.0 Å². The molecule has 1 fully saturated rings. The molecule has 5 unspecified atom stereocenters. The van der Waals surface area contributed by atoms with Crippen molar-refractivity contribution in [3.8, 4) is 0 Å². The molecule has 1 heterocycles. The topological polar surface area (TPSA) is 35.5 Å². The summed E-state index contributed by atoms with van der Waals surface area (Å²) in [6, 6.07) is 1.16. The summed E-state index contributed by atoms with van der Waals surface area (Å²) in [7, 11) is 0. The molecule has 3 heteroatoms. The van der Waals surface area contributed by atoms with Crippen molar-refractivity contribution in [1.29, 1.82) is 0 Å². The van der Waals surface area contributed by atoms with Gasteiger partial charge in [-0.05, 0) is 52.0 Å². The van der Waals surface area contributed by atoms with Crippen molar-refractivity contribution in [3.63, 3.8) is 0 Å². The van der Waals surface area contributed by atoms with Crippen LogP contribution in [0, 0.1) is 11.8 Å². The maximum absolute atomic E-state index is 9.65. The molecule has 0 spiro atoms. The van der Waals surface area contributed by atoms with Crippen molar-refractivity contribution < 1.29 is 5.11 Å². The Bertz CT molecular complexity index is 271. The summed E-state index contributed by atoms with van der Waals surface area (Å²) in [6.07, 6.45) is 2.34. The lowest BCUT2D eigenvalue weighted by atomic mass is 9.83. The molecule has 5 atom stereocenters. The van der Waals surface area contributed by atoms with E-state index in [2.05, 4.69) is 51.8 Å². The van der Waals surface area contributed by atoms with E-state index in [-0.39, 0.29) is 12.1 Å². The van der Waals surface area contributed by atoms with Gasteiger partial charge in [0.15, 0.2) is 0 Å². The summed E-state index contributed by atoms with van der Waals surface area (Å²) in [6.45, 7) is 15.9. The summed E-state index contributed by atoms with van der Waals surface area (Å²) in [5, 5.41) is 13.1. The van der Waals surface area contributed by atoms with Gasteiger partial charge in [0.2, 0.25) is 0 Å². The molecule has 1 rings (SSSR count). The Morgan fingerprint density at radius 2 is 2.00 bits per heavy atom. The number of hydrogen-bond acceptors (Lipinski definition) is 3. The molecule has 1 aliphatic rings. The lowest BCUT2D eigenvalue weighted by Gasteiger charge is -2.46. The second-order valence-electron chi connectivity index (χ2n) is 7.06. The molecule has 1 aliphatic heterocycles. The van der Waals surface area contributed by atoms with Gasteiger partial charge in [0.1, 0.15) is 0 Å². The smallest absolute Gasteiger partial charge is 0.0611 e. The van der Waals surface area contributed by atoms with Gasteiger partial charge in [-0.15, -0.1) is 0 Å². The van der Waals surface area contributed by atoms with Crippen LogP contribution in [0.15, 0.2) is 0 Å². The van der Waals surface area contributed by atoms with Crippen LogP contribution in [-0.2, 0) is 0 Å². The van der Waals surface area contributed by atoms with Crippen LogP contribution in [0.3, 0.4) is 0 Å². The van der Waals surface area contributed by atoms with Gasteiger partial charge in [-0.3, -0.25) is 4.90 Å². The molecule has 0 aromatic rings. The van der Waals surface area contributed by atoms with Gasteiger partial charge in [0.25, 0.3) is 0 Å². The largest absolute Gasteiger partial charge is 0.394 e. The summed E-state index contributed by atoms with van der Waals surface area (Å²) < 4.78 is 0. The zero-order valence-corrected chi connectivity index (χ0v) is 13.7. The Kier molecular flexibility index (Phi) is 6.28. The minimum atomic E-state index is -0.155. The highest BCUT2D eigenvalue weighted by molar-refractivity contribution is 4.91. The van der Waals surface area contributed by atoms with E-state index in [0.29, 0.717) is 12.1 Å². The minimum Gasteiger partial charge on any atom is -0.394 e. The van der Waals surface area contributed by atoms with Crippen LogP contribution in [0.5, 0.6) is 0 Å². The lowest BCUT2D eigenvalue weighted by Crippen LogP contribution is -2.55. The highest BCUT2D eigenvalue weighted by Gasteiger charge is 2.34. The van der Waals surface area contributed by atoms with Crippen molar-refractivity contribution in [2.24, 2.45) is 11.8 Å². The number of aliphatic hydroxyl groups is 1. The molecule has 2 N–H and O–H groups in total. The van der Waals surface area contributed by atoms with Crippen LogP contribution in [0.25, 0.3) is 0 Å². The summed E-state index contributed by atoms with van der Waals surface area (Å²) in [5.74, 6) is 1.55. The van der Waals surface area contributed by atoms with Crippen LogP contribution in [0.2, 0.25) is 0 Å². The molecule has 19 heavy (non-hydrogen) atoms. The predicted octanol–water partition coefficient (Wildman–Crippen LogP) is 2.49. The molecule has 0 aliphatic carbocycles. The van der Waals surface area contributed by atoms with E-state index in [4.69, 9.17) is 0 Å². The fourth-order valence-electron chi connectivity index (χ4n) is 3.73. The van der Waals surface area contributed by atoms with Crippen molar-refractivity contribution in [3.05, 3.63) is 0 Å². The number of likely N-dealkylation sites (N-methyl/N-ethyl adjacent to an activating group) is 1. The fourth-order valence-corrected chi connectivity index (χ4v) is 3.73. The number of likely N-dealkylation sites (tertiary alicyclic amines) is 1. The predicted molar refractivity (Wildman–Crippen MR) is 82.4 cm³/mol. The van der Waals surface area contributed by atoms with Crippen LogP contribution in [0.4, 0.5) is 0 Å². The van der Waals surface area contributed by atoms with Crippen LogP contribution < -0.4 is 5.32 Å². The maximum atomic E-state index is 9.65. The van der Waals surface area contributed by atoms with Gasteiger partial charge in [0, 0.05) is 24.2 Å². The zero-order chi connectivity index (χ0) is 14.6. The molecule has 114 valence electrons. The van der Waals surface area contributed by atoms with Crippen LogP contribution in [0.1, 0.15) is 54.4 Å². The molecule has 0 radical (unpaired) electrons. The van der Waals surface area contributed by atoms with E-state index in [1.807, 2.05) is 0 Å². The van der Waals surface area contributed by atoms with Crippen LogP contribution >= 0.6 is 0 Å². The molecular formula is C16H34N2O. The molecule has 0 amide bonds. The van der Waals surface area contributed by atoms with Gasteiger partial charge in [-0.1, -0.05) is 20.8 Å². The Hall–Kier alpha value is -0.120. The number of rotatable bonds is 6. The third kappa shape index (κ3) is 4.44. The second kappa shape index (κ2) is 7.05. The molecule has 0 aromatic carbocycles. The Morgan fingerprint density at radius 3 is 2.53 bits per heavy atom. The van der Waals surface area contributed by atoms with Crippen molar-refractivity contribution in [1.82, 2.24) is 10.2 Å². The highest BCUT2D eigenvalue weighted by Crippen LogP contribution is 2.30. The average Bonchev–Trinajstić information content (AvgIpc) is 2.33. The van der Waals surface area contributed by atoms with E-state index in [9.17, 15) is 5.11 Å². The third-order valence-corrected chi connectivity index (χ3v) is 4.91. The van der Waals surface area contributed by atoms with Gasteiger partial charge >= 0.3 is 0 Å². The number of nitrogens with zero attached hydrogens (tertiary/aromatic N) is 1. The van der Waals surface area contributed by atoms with Gasteiger partial charge in [-0.25, -0.2) is 0 Å². The first-order chi connectivity index (χ1) is 8.83. The van der Waals surface area contributed by atoms with E-state index in [1.165, 1.54) is 13.0 Å². The minimum absolute atomic E-state index is 0.155. The Balaban J connectivity index is 2.67. The van der Waals surface area contributed by atoms with Crippen molar-refractivity contribution in [2.75, 3.05) is 19.7 Å². The first kappa shape index (κ1) is 16.9. The van der Waals surface area contributed by atoms with Crippen molar-refractivity contribution >= 4 is 0 Å². The molecule has 3 nitrogen and oxygen atoms in total.